The monoisotopic (exact) mass is 203 g/mol. The van der Waals surface area contributed by atoms with Gasteiger partial charge in [-0.15, -0.1) is 0 Å². The molecule has 13 heavy (non-hydrogen) atoms. The summed E-state index contributed by atoms with van der Waals surface area (Å²) in [7, 11) is 0. The molecule has 0 aliphatic rings. The molecule has 0 aliphatic carbocycles. The number of rotatable bonds is 6. The number of carbonyl (C=O) groups is 1. The summed E-state index contributed by atoms with van der Waals surface area (Å²) < 4.78 is 0. The fourth-order valence-electron chi connectivity index (χ4n) is 1.10. The van der Waals surface area contributed by atoms with Gasteiger partial charge in [0, 0.05) is 12.5 Å². The highest BCUT2D eigenvalue weighted by Crippen LogP contribution is 2.06. The van der Waals surface area contributed by atoms with Crippen molar-refractivity contribution < 1.29 is 4.79 Å². The first kappa shape index (κ1) is 12.8. The van der Waals surface area contributed by atoms with Gasteiger partial charge in [0.15, 0.2) is 0 Å². The van der Waals surface area contributed by atoms with E-state index in [4.69, 9.17) is 0 Å². The Morgan fingerprint density at radius 3 is 2.38 bits per heavy atom. The second-order valence-corrected chi connectivity index (χ2v) is 4.36. The minimum Gasteiger partial charge on any atom is -0.354 e. The average Bonchev–Trinajstić information content (AvgIpc) is 2.01. The molecule has 0 rings (SSSR count). The second kappa shape index (κ2) is 7.25. The third kappa shape index (κ3) is 8.16. The molecule has 78 valence electrons. The zero-order valence-corrected chi connectivity index (χ0v) is 9.73. The Bertz CT molecular complexity index is 148. The van der Waals surface area contributed by atoms with E-state index < -0.39 is 0 Å². The van der Waals surface area contributed by atoms with Gasteiger partial charge in [0.2, 0.25) is 5.91 Å². The maximum absolute atomic E-state index is 11.1. The van der Waals surface area contributed by atoms with E-state index >= 15 is 0 Å². The van der Waals surface area contributed by atoms with Crippen LogP contribution in [0.1, 0.15) is 40.0 Å². The van der Waals surface area contributed by atoms with E-state index in [0.29, 0.717) is 24.1 Å². The van der Waals surface area contributed by atoms with Gasteiger partial charge in [-0.3, -0.25) is 4.79 Å². The molecule has 0 aromatic heterocycles. The maximum atomic E-state index is 11.1. The molecule has 0 aromatic carbocycles. The van der Waals surface area contributed by atoms with Crippen LogP contribution in [-0.2, 0) is 4.79 Å². The molecule has 0 saturated carbocycles. The maximum Gasteiger partial charge on any atom is 0.221 e. The number of carbonyl (C=O) groups excluding carboxylic acids is 1. The van der Waals surface area contributed by atoms with Crippen molar-refractivity contribution in [3.05, 3.63) is 0 Å². The van der Waals surface area contributed by atoms with Crippen LogP contribution >= 0.6 is 12.6 Å². The summed E-state index contributed by atoms with van der Waals surface area (Å²) in [5, 5.41) is 2.95. The van der Waals surface area contributed by atoms with Crippen LogP contribution in [0, 0.1) is 5.92 Å². The van der Waals surface area contributed by atoms with Crippen LogP contribution in [0.15, 0.2) is 0 Å². The molecular formula is C10H21NOS. The smallest absolute Gasteiger partial charge is 0.221 e. The summed E-state index contributed by atoms with van der Waals surface area (Å²) in [6.45, 7) is 6.45. The molecule has 0 saturated heterocycles. The van der Waals surface area contributed by atoms with Gasteiger partial charge in [-0.05, 0) is 31.4 Å². The highest BCUT2D eigenvalue weighted by atomic mass is 32.1. The Labute approximate surface area is 86.9 Å². The fourth-order valence-corrected chi connectivity index (χ4v) is 1.31. The van der Waals surface area contributed by atoms with E-state index in [1.807, 2.05) is 0 Å². The standard InChI is InChI=1S/C10H21NOS/c1-8(2)4-5-9(3)11-10(12)6-7-13/h8-9,13H,4-7H2,1-3H3,(H,11,12). The van der Waals surface area contributed by atoms with Crippen LogP contribution in [0.2, 0.25) is 0 Å². The molecule has 0 bridgehead atoms. The van der Waals surface area contributed by atoms with E-state index in [1.54, 1.807) is 0 Å². The molecule has 0 spiro atoms. The number of thiol groups is 1. The number of hydrogen-bond acceptors (Lipinski definition) is 2. The number of amides is 1. The van der Waals surface area contributed by atoms with E-state index in [1.165, 1.54) is 6.42 Å². The Hall–Kier alpha value is -0.180. The van der Waals surface area contributed by atoms with Crippen molar-refractivity contribution in [2.24, 2.45) is 5.92 Å². The van der Waals surface area contributed by atoms with E-state index in [0.717, 1.165) is 6.42 Å². The largest absolute Gasteiger partial charge is 0.354 e. The predicted octanol–water partition coefficient (Wildman–Crippen LogP) is 2.25. The topological polar surface area (TPSA) is 29.1 Å². The molecule has 1 atom stereocenters. The SMILES string of the molecule is CC(C)CCC(C)NC(=O)CCS. The van der Waals surface area contributed by atoms with E-state index in [-0.39, 0.29) is 5.91 Å². The Balaban J connectivity index is 3.49. The van der Waals surface area contributed by atoms with Crippen LogP contribution in [-0.4, -0.2) is 17.7 Å². The van der Waals surface area contributed by atoms with Crippen molar-refractivity contribution in [3.63, 3.8) is 0 Å². The van der Waals surface area contributed by atoms with E-state index in [2.05, 4.69) is 38.7 Å². The molecule has 0 radical (unpaired) electrons. The lowest BCUT2D eigenvalue weighted by atomic mass is 10.0. The predicted molar refractivity (Wildman–Crippen MR) is 60.1 cm³/mol. The number of hydrogen-bond donors (Lipinski definition) is 2. The highest BCUT2D eigenvalue weighted by Gasteiger charge is 2.06. The van der Waals surface area contributed by atoms with Crippen molar-refractivity contribution in [1.29, 1.82) is 0 Å². The van der Waals surface area contributed by atoms with Crippen LogP contribution in [0.5, 0.6) is 0 Å². The first-order chi connectivity index (χ1) is 6.06. The van der Waals surface area contributed by atoms with Crippen molar-refractivity contribution in [2.45, 2.75) is 46.1 Å². The van der Waals surface area contributed by atoms with Crippen molar-refractivity contribution in [1.82, 2.24) is 5.32 Å². The Morgan fingerprint density at radius 1 is 1.31 bits per heavy atom. The molecule has 1 amide bonds. The third-order valence-electron chi connectivity index (χ3n) is 1.92. The molecule has 1 unspecified atom stereocenters. The zero-order chi connectivity index (χ0) is 10.3. The van der Waals surface area contributed by atoms with Gasteiger partial charge in [0.1, 0.15) is 0 Å². The summed E-state index contributed by atoms with van der Waals surface area (Å²) in [4.78, 5) is 11.1. The third-order valence-corrected chi connectivity index (χ3v) is 2.15. The quantitative estimate of drug-likeness (QED) is 0.637. The molecule has 0 heterocycles. The molecule has 0 aromatic rings. The van der Waals surface area contributed by atoms with Crippen molar-refractivity contribution in [2.75, 3.05) is 5.75 Å². The summed E-state index contributed by atoms with van der Waals surface area (Å²) in [6, 6.07) is 0.301. The Morgan fingerprint density at radius 2 is 1.92 bits per heavy atom. The van der Waals surface area contributed by atoms with Gasteiger partial charge in [-0.25, -0.2) is 0 Å². The minimum absolute atomic E-state index is 0.117. The van der Waals surface area contributed by atoms with Gasteiger partial charge >= 0.3 is 0 Å². The molecule has 3 heteroatoms. The summed E-state index contributed by atoms with van der Waals surface area (Å²) in [5.41, 5.74) is 0. The summed E-state index contributed by atoms with van der Waals surface area (Å²) in [5.74, 6) is 1.46. The summed E-state index contributed by atoms with van der Waals surface area (Å²) >= 11 is 4.01. The first-order valence-corrected chi connectivity index (χ1v) is 5.59. The molecular weight excluding hydrogens is 182 g/mol. The number of nitrogens with one attached hydrogen (secondary N) is 1. The van der Waals surface area contributed by atoms with Crippen LogP contribution in [0.3, 0.4) is 0 Å². The van der Waals surface area contributed by atoms with Gasteiger partial charge in [0.05, 0.1) is 0 Å². The van der Waals surface area contributed by atoms with Crippen LogP contribution in [0.25, 0.3) is 0 Å². The van der Waals surface area contributed by atoms with Crippen LogP contribution < -0.4 is 5.32 Å². The van der Waals surface area contributed by atoms with Crippen LogP contribution in [0.4, 0.5) is 0 Å². The molecule has 0 fully saturated rings. The van der Waals surface area contributed by atoms with Gasteiger partial charge < -0.3 is 5.32 Å². The lowest BCUT2D eigenvalue weighted by Crippen LogP contribution is -2.32. The van der Waals surface area contributed by atoms with Crippen molar-refractivity contribution in [3.8, 4) is 0 Å². The second-order valence-electron chi connectivity index (χ2n) is 3.91. The first-order valence-electron chi connectivity index (χ1n) is 4.96. The zero-order valence-electron chi connectivity index (χ0n) is 8.84. The highest BCUT2D eigenvalue weighted by molar-refractivity contribution is 7.80. The lowest BCUT2D eigenvalue weighted by Gasteiger charge is -2.14. The Kier molecular flexibility index (Phi) is 7.14. The fraction of sp³-hybridized carbons (Fsp3) is 0.900. The normalized spacial score (nSPS) is 13.0. The molecule has 2 nitrogen and oxygen atoms in total. The van der Waals surface area contributed by atoms with Gasteiger partial charge in [0.25, 0.3) is 0 Å². The average molecular weight is 203 g/mol. The van der Waals surface area contributed by atoms with E-state index in [9.17, 15) is 4.79 Å². The van der Waals surface area contributed by atoms with Gasteiger partial charge in [-0.1, -0.05) is 13.8 Å². The molecule has 0 aliphatic heterocycles. The molecule has 1 N–H and O–H groups in total. The van der Waals surface area contributed by atoms with Gasteiger partial charge in [-0.2, -0.15) is 12.6 Å². The minimum atomic E-state index is 0.117. The van der Waals surface area contributed by atoms with Crippen molar-refractivity contribution >= 4 is 18.5 Å². The lowest BCUT2D eigenvalue weighted by molar-refractivity contribution is -0.121. The summed E-state index contributed by atoms with van der Waals surface area (Å²) in [6.07, 6.45) is 2.76.